The van der Waals surface area contributed by atoms with E-state index in [1.54, 1.807) is 0 Å². The number of nitrogens with one attached hydrogen (secondary N) is 1. The number of carbonyl (C=O) groups excluding carboxylic acids is 1. The minimum atomic E-state index is -3.91. The standard InChI is InChI=1S/C23H28FN3O4S/c24-21-6-1-2-7-22(21)32(29,30)27-10-8-19(9-11-27)23(28)25-20-5-3-4-18(16-20)17-26-12-14-31-15-13-26/h1-7,16,19H,8-15,17H2,(H,25,28). The van der Waals surface area contributed by atoms with E-state index in [4.69, 9.17) is 4.74 Å². The number of anilines is 1. The second-order valence-corrected chi connectivity index (χ2v) is 10.1. The molecular formula is C23H28FN3O4S. The molecule has 1 N–H and O–H groups in total. The van der Waals surface area contributed by atoms with Crippen LogP contribution >= 0.6 is 0 Å². The molecule has 0 aromatic heterocycles. The van der Waals surface area contributed by atoms with Gasteiger partial charge in [0.1, 0.15) is 10.7 Å². The summed E-state index contributed by atoms with van der Waals surface area (Å²) in [6, 6.07) is 13.2. The monoisotopic (exact) mass is 461 g/mol. The summed E-state index contributed by atoms with van der Waals surface area (Å²) in [6.07, 6.45) is 0.792. The molecule has 2 fully saturated rings. The van der Waals surface area contributed by atoms with E-state index in [2.05, 4.69) is 10.2 Å². The van der Waals surface area contributed by atoms with E-state index in [1.807, 2.05) is 24.3 Å². The Bertz CT molecular complexity index is 1050. The van der Waals surface area contributed by atoms with Crippen LogP contribution in [0.5, 0.6) is 0 Å². The normalized spacial score (nSPS) is 19.0. The van der Waals surface area contributed by atoms with Crippen molar-refractivity contribution in [2.75, 3.05) is 44.7 Å². The number of sulfonamides is 1. The van der Waals surface area contributed by atoms with Crippen LogP contribution in [0.1, 0.15) is 18.4 Å². The molecule has 0 saturated carbocycles. The van der Waals surface area contributed by atoms with E-state index < -0.39 is 15.8 Å². The van der Waals surface area contributed by atoms with Crippen LogP contribution in [0.25, 0.3) is 0 Å². The van der Waals surface area contributed by atoms with Gasteiger partial charge in [-0.1, -0.05) is 24.3 Å². The summed E-state index contributed by atoms with van der Waals surface area (Å²) in [5, 5.41) is 2.97. The molecule has 172 valence electrons. The van der Waals surface area contributed by atoms with Gasteiger partial charge in [-0.25, -0.2) is 12.8 Å². The zero-order valence-electron chi connectivity index (χ0n) is 17.9. The van der Waals surface area contributed by atoms with Crippen molar-refractivity contribution in [3.8, 4) is 0 Å². The van der Waals surface area contributed by atoms with Crippen molar-refractivity contribution in [2.45, 2.75) is 24.3 Å². The van der Waals surface area contributed by atoms with Gasteiger partial charge < -0.3 is 10.1 Å². The van der Waals surface area contributed by atoms with E-state index in [0.717, 1.165) is 50.2 Å². The van der Waals surface area contributed by atoms with Crippen molar-refractivity contribution in [1.82, 2.24) is 9.21 Å². The Morgan fingerprint density at radius 2 is 1.75 bits per heavy atom. The van der Waals surface area contributed by atoms with Gasteiger partial charge in [-0.15, -0.1) is 0 Å². The van der Waals surface area contributed by atoms with Gasteiger partial charge in [-0.3, -0.25) is 9.69 Å². The van der Waals surface area contributed by atoms with Crippen LogP contribution in [0, 0.1) is 11.7 Å². The number of rotatable bonds is 6. The molecule has 2 aromatic rings. The molecule has 0 aliphatic carbocycles. The quantitative estimate of drug-likeness (QED) is 0.716. The highest BCUT2D eigenvalue weighted by Gasteiger charge is 2.33. The number of benzene rings is 2. The molecule has 7 nitrogen and oxygen atoms in total. The fraction of sp³-hybridized carbons (Fsp3) is 0.435. The number of nitrogens with zero attached hydrogens (tertiary/aromatic N) is 2. The zero-order chi connectivity index (χ0) is 22.6. The molecule has 2 aliphatic rings. The van der Waals surface area contributed by atoms with E-state index in [-0.39, 0.29) is 29.8 Å². The summed E-state index contributed by atoms with van der Waals surface area (Å²) < 4.78 is 46.1. The highest BCUT2D eigenvalue weighted by molar-refractivity contribution is 7.89. The van der Waals surface area contributed by atoms with Gasteiger partial charge in [-0.05, 0) is 42.7 Å². The first kappa shape index (κ1) is 22.8. The topological polar surface area (TPSA) is 79.0 Å². The van der Waals surface area contributed by atoms with Crippen molar-refractivity contribution in [2.24, 2.45) is 5.92 Å². The van der Waals surface area contributed by atoms with Crippen molar-refractivity contribution in [3.63, 3.8) is 0 Å². The van der Waals surface area contributed by atoms with Gasteiger partial charge in [0, 0.05) is 44.3 Å². The number of carbonyl (C=O) groups is 1. The predicted octanol–water partition coefficient (Wildman–Crippen LogP) is 2.70. The molecule has 0 radical (unpaired) electrons. The lowest BCUT2D eigenvalue weighted by atomic mass is 9.97. The second kappa shape index (κ2) is 10.1. The van der Waals surface area contributed by atoms with E-state index in [9.17, 15) is 17.6 Å². The minimum Gasteiger partial charge on any atom is -0.379 e. The first-order chi connectivity index (χ1) is 15.4. The maximum Gasteiger partial charge on any atom is 0.245 e. The fourth-order valence-corrected chi connectivity index (χ4v) is 5.70. The Kier molecular flexibility index (Phi) is 7.20. The lowest BCUT2D eigenvalue weighted by Gasteiger charge is -2.30. The number of morpholine rings is 1. The first-order valence-corrected chi connectivity index (χ1v) is 12.3. The Balaban J connectivity index is 1.33. The Morgan fingerprint density at radius 3 is 2.47 bits per heavy atom. The summed E-state index contributed by atoms with van der Waals surface area (Å²) in [5.74, 6) is -1.16. The molecular weight excluding hydrogens is 433 g/mol. The summed E-state index contributed by atoms with van der Waals surface area (Å²) in [5.41, 5.74) is 1.86. The summed E-state index contributed by atoms with van der Waals surface area (Å²) in [6.45, 7) is 4.44. The highest BCUT2D eigenvalue weighted by atomic mass is 32.2. The third-order valence-corrected chi connectivity index (χ3v) is 7.92. The van der Waals surface area contributed by atoms with Gasteiger partial charge in [-0.2, -0.15) is 4.31 Å². The molecule has 0 atom stereocenters. The molecule has 32 heavy (non-hydrogen) atoms. The maximum absolute atomic E-state index is 14.0. The molecule has 9 heteroatoms. The van der Waals surface area contributed by atoms with Crippen LogP contribution in [0.2, 0.25) is 0 Å². The third kappa shape index (κ3) is 5.35. The fourth-order valence-electron chi connectivity index (χ4n) is 4.16. The lowest BCUT2D eigenvalue weighted by Crippen LogP contribution is -2.41. The van der Waals surface area contributed by atoms with Gasteiger partial charge in [0.2, 0.25) is 15.9 Å². The van der Waals surface area contributed by atoms with Crippen molar-refractivity contribution in [3.05, 3.63) is 59.9 Å². The van der Waals surface area contributed by atoms with Crippen molar-refractivity contribution >= 4 is 21.6 Å². The van der Waals surface area contributed by atoms with Crippen molar-refractivity contribution in [1.29, 1.82) is 0 Å². The van der Waals surface area contributed by atoms with Crippen molar-refractivity contribution < 1.29 is 22.3 Å². The SMILES string of the molecule is O=C(Nc1cccc(CN2CCOCC2)c1)C1CCN(S(=O)(=O)c2ccccc2F)CC1. The summed E-state index contributed by atoms with van der Waals surface area (Å²) in [4.78, 5) is 14.8. The molecule has 0 unspecified atom stereocenters. The molecule has 2 saturated heterocycles. The molecule has 2 aliphatic heterocycles. The van der Waals surface area contributed by atoms with Crippen LogP contribution in [-0.4, -0.2) is 62.9 Å². The Labute approximate surface area is 188 Å². The number of amides is 1. The molecule has 1 amide bonds. The van der Waals surface area contributed by atoms with Crippen LogP contribution in [-0.2, 0) is 26.1 Å². The minimum absolute atomic E-state index is 0.114. The summed E-state index contributed by atoms with van der Waals surface area (Å²) in [7, 11) is -3.91. The molecule has 2 heterocycles. The number of hydrogen-bond donors (Lipinski definition) is 1. The second-order valence-electron chi connectivity index (χ2n) is 8.19. The third-order valence-electron chi connectivity index (χ3n) is 5.98. The molecule has 0 spiro atoms. The highest BCUT2D eigenvalue weighted by Crippen LogP contribution is 2.26. The number of halogens is 1. The molecule has 2 aromatic carbocycles. The van der Waals surface area contributed by atoms with Crippen LogP contribution in [0.15, 0.2) is 53.4 Å². The first-order valence-electron chi connectivity index (χ1n) is 10.9. The molecule has 0 bridgehead atoms. The van der Waals surface area contributed by atoms with E-state index in [0.29, 0.717) is 12.8 Å². The Morgan fingerprint density at radius 1 is 1.03 bits per heavy atom. The smallest absolute Gasteiger partial charge is 0.245 e. The number of ether oxygens (including phenoxy) is 1. The average Bonchev–Trinajstić information content (AvgIpc) is 2.80. The van der Waals surface area contributed by atoms with Gasteiger partial charge in [0.15, 0.2) is 0 Å². The van der Waals surface area contributed by atoms with Gasteiger partial charge in [0.05, 0.1) is 13.2 Å². The summed E-state index contributed by atoms with van der Waals surface area (Å²) >= 11 is 0. The van der Waals surface area contributed by atoms with Crippen LogP contribution < -0.4 is 5.32 Å². The van der Waals surface area contributed by atoms with Crippen LogP contribution in [0.4, 0.5) is 10.1 Å². The van der Waals surface area contributed by atoms with E-state index >= 15 is 0 Å². The zero-order valence-corrected chi connectivity index (χ0v) is 18.7. The number of piperidine rings is 1. The maximum atomic E-state index is 14.0. The lowest BCUT2D eigenvalue weighted by molar-refractivity contribution is -0.120. The van der Waals surface area contributed by atoms with Gasteiger partial charge >= 0.3 is 0 Å². The molecule has 4 rings (SSSR count). The largest absolute Gasteiger partial charge is 0.379 e. The predicted molar refractivity (Wildman–Crippen MR) is 119 cm³/mol. The van der Waals surface area contributed by atoms with Crippen LogP contribution in [0.3, 0.4) is 0 Å². The van der Waals surface area contributed by atoms with Gasteiger partial charge in [0.25, 0.3) is 0 Å². The number of hydrogen-bond acceptors (Lipinski definition) is 5. The Hall–Kier alpha value is -2.33. The average molecular weight is 462 g/mol. The van der Waals surface area contributed by atoms with E-state index in [1.165, 1.54) is 22.5 Å².